The average Bonchev–Trinajstić information content (AvgIpc) is 3.24. The standard InChI is InChI=1S/C17H15N5O/c1-22-17-15(9-21-22)16(19-11-20-17)18-8-12-2-4-13(5-3-12)14-6-7-23-10-14/h2-7,9-11H,8H2,1H3,(H,18,19,20). The predicted octanol–water partition coefficient (Wildman–Crippen LogP) is 3.24. The lowest BCUT2D eigenvalue weighted by Crippen LogP contribution is -2.02. The van der Waals surface area contributed by atoms with Crippen LogP contribution in [-0.4, -0.2) is 19.7 Å². The minimum Gasteiger partial charge on any atom is -0.472 e. The van der Waals surface area contributed by atoms with Gasteiger partial charge in [0.1, 0.15) is 12.1 Å². The number of furan rings is 1. The number of fused-ring (bicyclic) bond motifs is 1. The molecule has 4 rings (SSSR count). The molecule has 0 spiro atoms. The number of benzene rings is 1. The second-order valence-corrected chi connectivity index (χ2v) is 5.29. The Hall–Kier alpha value is -3.15. The van der Waals surface area contributed by atoms with Gasteiger partial charge in [-0.1, -0.05) is 24.3 Å². The molecular weight excluding hydrogens is 290 g/mol. The highest BCUT2D eigenvalue weighted by Crippen LogP contribution is 2.21. The molecule has 0 bridgehead atoms. The highest BCUT2D eigenvalue weighted by molar-refractivity contribution is 5.85. The zero-order valence-corrected chi connectivity index (χ0v) is 12.6. The van der Waals surface area contributed by atoms with Crippen molar-refractivity contribution in [1.82, 2.24) is 19.7 Å². The summed E-state index contributed by atoms with van der Waals surface area (Å²) in [5.74, 6) is 0.794. The molecule has 3 heterocycles. The Balaban J connectivity index is 1.52. The van der Waals surface area contributed by atoms with Crippen LogP contribution in [0.5, 0.6) is 0 Å². The summed E-state index contributed by atoms with van der Waals surface area (Å²) in [7, 11) is 1.87. The summed E-state index contributed by atoms with van der Waals surface area (Å²) in [5.41, 5.74) is 4.21. The van der Waals surface area contributed by atoms with Crippen LogP contribution in [0.3, 0.4) is 0 Å². The van der Waals surface area contributed by atoms with Crippen molar-refractivity contribution in [3.63, 3.8) is 0 Å². The summed E-state index contributed by atoms with van der Waals surface area (Å²) in [5, 5.41) is 8.49. The van der Waals surface area contributed by atoms with Gasteiger partial charge >= 0.3 is 0 Å². The highest BCUT2D eigenvalue weighted by Gasteiger charge is 2.07. The van der Waals surface area contributed by atoms with Crippen LogP contribution in [0.15, 0.2) is 59.8 Å². The Kier molecular flexibility index (Phi) is 3.27. The van der Waals surface area contributed by atoms with Crippen LogP contribution in [0.4, 0.5) is 5.82 Å². The van der Waals surface area contributed by atoms with E-state index < -0.39 is 0 Å². The van der Waals surface area contributed by atoms with E-state index in [1.807, 2.05) is 13.1 Å². The molecule has 0 aliphatic heterocycles. The molecule has 0 aliphatic carbocycles. The first-order valence-corrected chi connectivity index (χ1v) is 7.29. The van der Waals surface area contributed by atoms with Gasteiger partial charge in [0.05, 0.1) is 24.1 Å². The summed E-state index contributed by atoms with van der Waals surface area (Å²) in [4.78, 5) is 8.54. The van der Waals surface area contributed by atoms with Crippen molar-refractivity contribution < 1.29 is 4.42 Å². The molecule has 1 N–H and O–H groups in total. The minimum absolute atomic E-state index is 0.687. The van der Waals surface area contributed by atoms with E-state index in [-0.39, 0.29) is 0 Å². The van der Waals surface area contributed by atoms with Gasteiger partial charge in [-0.05, 0) is 17.2 Å². The molecule has 0 atom stereocenters. The first-order chi connectivity index (χ1) is 11.3. The molecule has 0 saturated carbocycles. The first kappa shape index (κ1) is 13.5. The Morgan fingerprint density at radius 3 is 2.74 bits per heavy atom. The van der Waals surface area contributed by atoms with Crippen molar-refractivity contribution in [2.75, 3.05) is 5.32 Å². The molecular formula is C17H15N5O. The Bertz CT molecular complexity index is 925. The van der Waals surface area contributed by atoms with Gasteiger partial charge < -0.3 is 9.73 Å². The summed E-state index contributed by atoms with van der Waals surface area (Å²) >= 11 is 0. The summed E-state index contributed by atoms with van der Waals surface area (Å²) in [6.45, 7) is 0.687. The maximum atomic E-state index is 5.11. The molecule has 6 heteroatoms. The zero-order chi connectivity index (χ0) is 15.6. The molecule has 6 nitrogen and oxygen atoms in total. The average molecular weight is 305 g/mol. The molecule has 4 aromatic rings. The third kappa shape index (κ3) is 2.55. The number of anilines is 1. The summed E-state index contributed by atoms with van der Waals surface area (Å²) < 4.78 is 6.85. The van der Waals surface area contributed by atoms with Crippen LogP contribution < -0.4 is 5.32 Å². The fraction of sp³-hybridized carbons (Fsp3) is 0.118. The highest BCUT2D eigenvalue weighted by atomic mass is 16.3. The van der Waals surface area contributed by atoms with E-state index >= 15 is 0 Å². The molecule has 0 saturated heterocycles. The number of hydrogen-bond acceptors (Lipinski definition) is 5. The molecule has 0 amide bonds. The maximum absolute atomic E-state index is 5.11. The fourth-order valence-electron chi connectivity index (χ4n) is 2.53. The monoisotopic (exact) mass is 305 g/mol. The lowest BCUT2D eigenvalue weighted by atomic mass is 10.1. The minimum atomic E-state index is 0.687. The van der Waals surface area contributed by atoms with Crippen LogP contribution >= 0.6 is 0 Å². The topological polar surface area (TPSA) is 68.8 Å². The van der Waals surface area contributed by atoms with E-state index in [4.69, 9.17) is 4.42 Å². The van der Waals surface area contributed by atoms with E-state index in [9.17, 15) is 0 Å². The third-order valence-corrected chi connectivity index (χ3v) is 3.80. The van der Waals surface area contributed by atoms with Gasteiger partial charge in [-0.25, -0.2) is 9.97 Å². The molecule has 0 unspecified atom stereocenters. The number of nitrogens with one attached hydrogen (secondary N) is 1. The van der Waals surface area contributed by atoms with Gasteiger partial charge in [0.15, 0.2) is 5.65 Å². The molecule has 0 aliphatic rings. The van der Waals surface area contributed by atoms with E-state index in [1.54, 1.807) is 29.7 Å². The normalized spacial score (nSPS) is 11.0. The quantitative estimate of drug-likeness (QED) is 0.627. The van der Waals surface area contributed by atoms with Gasteiger partial charge in [-0.2, -0.15) is 5.10 Å². The first-order valence-electron chi connectivity index (χ1n) is 7.29. The lowest BCUT2D eigenvalue weighted by Gasteiger charge is -2.07. The Morgan fingerprint density at radius 2 is 1.96 bits per heavy atom. The van der Waals surface area contributed by atoms with E-state index in [2.05, 4.69) is 44.6 Å². The van der Waals surface area contributed by atoms with Crippen molar-refractivity contribution in [2.45, 2.75) is 6.54 Å². The van der Waals surface area contributed by atoms with E-state index in [0.29, 0.717) is 6.54 Å². The number of nitrogens with zero attached hydrogens (tertiary/aromatic N) is 4. The number of aryl methyl sites for hydroxylation is 1. The second kappa shape index (κ2) is 5.57. The largest absolute Gasteiger partial charge is 0.472 e. The maximum Gasteiger partial charge on any atom is 0.163 e. The second-order valence-electron chi connectivity index (χ2n) is 5.29. The van der Waals surface area contributed by atoms with Crippen molar-refractivity contribution in [1.29, 1.82) is 0 Å². The SMILES string of the molecule is Cn1ncc2c(NCc3ccc(-c4ccoc4)cc3)ncnc21. The predicted molar refractivity (Wildman–Crippen MR) is 87.8 cm³/mol. The Labute approximate surface area is 132 Å². The number of aromatic nitrogens is 4. The molecule has 114 valence electrons. The fourth-order valence-corrected chi connectivity index (χ4v) is 2.53. The van der Waals surface area contributed by atoms with Gasteiger partial charge in [0, 0.05) is 19.2 Å². The molecule has 1 aromatic carbocycles. The molecule has 0 fully saturated rings. The molecule has 23 heavy (non-hydrogen) atoms. The van der Waals surface area contributed by atoms with Crippen LogP contribution in [0.2, 0.25) is 0 Å². The third-order valence-electron chi connectivity index (χ3n) is 3.80. The van der Waals surface area contributed by atoms with E-state index in [0.717, 1.165) is 28.0 Å². The van der Waals surface area contributed by atoms with Crippen molar-refractivity contribution in [2.24, 2.45) is 7.05 Å². The molecule has 3 aromatic heterocycles. The van der Waals surface area contributed by atoms with Crippen molar-refractivity contribution in [3.05, 3.63) is 60.9 Å². The lowest BCUT2D eigenvalue weighted by molar-refractivity contribution is 0.568. The number of rotatable bonds is 4. The van der Waals surface area contributed by atoms with Crippen LogP contribution in [0.1, 0.15) is 5.56 Å². The van der Waals surface area contributed by atoms with Crippen LogP contribution in [0.25, 0.3) is 22.2 Å². The van der Waals surface area contributed by atoms with Crippen molar-refractivity contribution >= 4 is 16.9 Å². The van der Waals surface area contributed by atoms with Gasteiger partial charge in [-0.15, -0.1) is 0 Å². The van der Waals surface area contributed by atoms with Gasteiger partial charge in [0.25, 0.3) is 0 Å². The van der Waals surface area contributed by atoms with Crippen LogP contribution in [0, 0.1) is 0 Å². The molecule has 0 radical (unpaired) electrons. The smallest absolute Gasteiger partial charge is 0.163 e. The Morgan fingerprint density at radius 1 is 1.09 bits per heavy atom. The summed E-state index contributed by atoms with van der Waals surface area (Å²) in [6.07, 6.45) is 6.75. The van der Waals surface area contributed by atoms with E-state index in [1.165, 1.54) is 5.56 Å². The van der Waals surface area contributed by atoms with Crippen LogP contribution in [-0.2, 0) is 13.6 Å². The van der Waals surface area contributed by atoms with Gasteiger partial charge in [-0.3, -0.25) is 4.68 Å². The van der Waals surface area contributed by atoms with Gasteiger partial charge in [0.2, 0.25) is 0 Å². The summed E-state index contributed by atoms with van der Waals surface area (Å²) in [6, 6.07) is 10.3. The zero-order valence-electron chi connectivity index (χ0n) is 12.6. The number of hydrogen-bond donors (Lipinski definition) is 1. The van der Waals surface area contributed by atoms with Crippen molar-refractivity contribution in [3.8, 4) is 11.1 Å².